The Morgan fingerprint density at radius 2 is 2.11 bits per heavy atom. The molecule has 0 aromatic rings. The Kier molecular flexibility index (Phi) is 2.84. The minimum Gasteiger partial charge on any atom is -0.402 e. The van der Waals surface area contributed by atoms with Crippen molar-refractivity contribution in [2.75, 3.05) is 0 Å². The summed E-state index contributed by atoms with van der Waals surface area (Å²) < 4.78 is 22.7. The molecule has 0 amide bonds. The lowest BCUT2D eigenvalue weighted by atomic mass is 10.3. The predicted octanol–water partition coefficient (Wildman–Crippen LogP) is 0.683. The Bertz CT molecular complexity index is 138. The van der Waals surface area contributed by atoms with E-state index in [0.717, 1.165) is 0 Å². The maximum atomic E-state index is 11.3. The van der Waals surface area contributed by atoms with E-state index in [-0.39, 0.29) is 5.70 Å². The average molecular weight is 135 g/mol. The van der Waals surface area contributed by atoms with Crippen molar-refractivity contribution in [3.05, 3.63) is 11.8 Å². The zero-order valence-corrected chi connectivity index (χ0v) is 4.90. The van der Waals surface area contributed by atoms with Crippen molar-refractivity contribution < 1.29 is 13.6 Å². The first-order valence-corrected chi connectivity index (χ1v) is 2.30. The Balaban J connectivity index is 3.93. The number of carbonyl (C=O) groups excluding carboxylic acids is 1. The van der Waals surface area contributed by atoms with Crippen molar-refractivity contribution in [3.63, 3.8) is 0 Å². The summed E-state index contributed by atoms with van der Waals surface area (Å²) in [7, 11) is 0. The summed E-state index contributed by atoms with van der Waals surface area (Å²) in [5.41, 5.74) is 5.04. The van der Waals surface area contributed by atoms with E-state index in [4.69, 9.17) is 5.73 Å². The molecule has 0 aliphatic heterocycles. The van der Waals surface area contributed by atoms with Gasteiger partial charge in [0.15, 0.2) is 0 Å². The van der Waals surface area contributed by atoms with Crippen LogP contribution in [0.1, 0.15) is 6.92 Å². The predicted molar refractivity (Wildman–Crippen MR) is 29.0 cm³/mol. The van der Waals surface area contributed by atoms with Crippen LogP contribution in [0.15, 0.2) is 11.8 Å². The van der Waals surface area contributed by atoms with Crippen molar-refractivity contribution in [3.8, 4) is 0 Å². The fourth-order valence-corrected chi connectivity index (χ4v) is 0.287. The molecule has 0 fully saturated rings. The third kappa shape index (κ3) is 3.64. The van der Waals surface area contributed by atoms with E-state index < -0.39 is 12.2 Å². The minimum absolute atomic E-state index is 0.0975. The average Bonchev–Trinajstić information content (AvgIpc) is 1.63. The highest BCUT2D eigenvalue weighted by Crippen LogP contribution is 1.95. The van der Waals surface area contributed by atoms with Gasteiger partial charge in [0.05, 0.1) is 0 Å². The molecule has 0 unspecified atom stereocenters. The number of alkyl halides is 2. The normalized spacial score (nSPS) is 12.2. The molecular weight excluding hydrogens is 128 g/mol. The van der Waals surface area contributed by atoms with Crippen LogP contribution >= 0.6 is 0 Å². The zero-order valence-electron chi connectivity index (χ0n) is 4.90. The maximum Gasteiger partial charge on any atom is 0.299 e. The van der Waals surface area contributed by atoms with E-state index in [2.05, 4.69) is 0 Å². The Labute approximate surface area is 51.3 Å². The molecule has 2 nitrogen and oxygen atoms in total. The minimum atomic E-state index is -2.94. The second-order valence-electron chi connectivity index (χ2n) is 1.59. The van der Waals surface area contributed by atoms with Gasteiger partial charge in [0.25, 0.3) is 6.43 Å². The molecule has 0 heterocycles. The van der Waals surface area contributed by atoms with Crippen molar-refractivity contribution >= 4 is 5.78 Å². The molecule has 0 spiro atoms. The summed E-state index contributed by atoms with van der Waals surface area (Å²) in [4.78, 5) is 10.0. The lowest BCUT2D eigenvalue weighted by Crippen LogP contribution is -2.08. The van der Waals surface area contributed by atoms with E-state index >= 15 is 0 Å². The molecule has 0 rings (SSSR count). The van der Waals surface area contributed by atoms with E-state index in [9.17, 15) is 13.6 Å². The van der Waals surface area contributed by atoms with Gasteiger partial charge >= 0.3 is 0 Å². The molecule has 2 N–H and O–H groups in total. The Morgan fingerprint density at radius 1 is 1.67 bits per heavy atom. The van der Waals surface area contributed by atoms with Gasteiger partial charge in [-0.2, -0.15) is 0 Å². The zero-order chi connectivity index (χ0) is 7.44. The number of hydrogen-bond acceptors (Lipinski definition) is 2. The van der Waals surface area contributed by atoms with Crippen molar-refractivity contribution in [2.24, 2.45) is 5.73 Å². The molecule has 0 aliphatic rings. The van der Waals surface area contributed by atoms with Gasteiger partial charge in [-0.25, -0.2) is 8.78 Å². The van der Waals surface area contributed by atoms with Crippen LogP contribution in [-0.4, -0.2) is 12.2 Å². The van der Waals surface area contributed by atoms with Gasteiger partial charge in [-0.15, -0.1) is 0 Å². The third-order valence-corrected chi connectivity index (χ3v) is 0.585. The molecule has 52 valence electrons. The number of allylic oxidation sites excluding steroid dienone is 2. The molecule has 0 saturated heterocycles. The Hall–Kier alpha value is -0.930. The van der Waals surface area contributed by atoms with Gasteiger partial charge in [0, 0.05) is 11.8 Å². The molecule has 9 heavy (non-hydrogen) atoms. The van der Waals surface area contributed by atoms with Gasteiger partial charge in [-0.3, -0.25) is 4.79 Å². The lowest BCUT2D eigenvalue weighted by Gasteiger charge is -1.90. The van der Waals surface area contributed by atoms with Crippen molar-refractivity contribution in [2.45, 2.75) is 13.3 Å². The van der Waals surface area contributed by atoms with E-state index in [1.54, 1.807) is 0 Å². The second-order valence-corrected chi connectivity index (χ2v) is 1.59. The maximum absolute atomic E-state index is 11.3. The van der Waals surface area contributed by atoms with E-state index in [1.807, 2.05) is 0 Å². The Morgan fingerprint density at radius 3 is 2.22 bits per heavy atom. The smallest absolute Gasteiger partial charge is 0.299 e. The van der Waals surface area contributed by atoms with Gasteiger partial charge in [0.2, 0.25) is 5.78 Å². The highest BCUT2D eigenvalue weighted by atomic mass is 19.3. The van der Waals surface area contributed by atoms with E-state index in [0.29, 0.717) is 6.08 Å². The topological polar surface area (TPSA) is 43.1 Å². The van der Waals surface area contributed by atoms with E-state index in [1.165, 1.54) is 6.92 Å². The quantitative estimate of drug-likeness (QED) is 0.566. The molecule has 0 aromatic carbocycles. The van der Waals surface area contributed by atoms with Crippen LogP contribution in [0.25, 0.3) is 0 Å². The summed E-state index contributed by atoms with van der Waals surface area (Å²) in [5.74, 6) is -1.24. The first-order chi connectivity index (χ1) is 4.04. The summed E-state index contributed by atoms with van der Waals surface area (Å²) in [6.45, 7) is 1.38. The third-order valence-electron chi connectivity index (χ3n) is 0.585. The van der Waals surface area contributed by atoms with Crippen molar-refractivity contribution in [1.29, 1.82) is 0 Å². The number of rotatable bonds is 2. The second kappa shape index (κ2) is 3.17. The number of ketones is 1. The largest absolute Gasteiger partial charge is 0.402 e. The fourth-order valence-electron chi connectivity index (χ4n) is 0.287. The monoisotopic (exact) mass is 135 g/mol. The first kappa shape index (κ1) is 8.07. The number of nitrogens with two attached hydrogens (primary N) is 1. The van der Waals surface area contributed by atoms with Gasteiger partial charge in [0.1, 0.15) is 0 Å². The van der Waals surface area contributed by atoms with Gasteiger partial charge in [-0.05, 0) is 6.92 Å². The molecule has 0 aromatic heterocycles. The van der Waals surface area contributed by atoms with Crippen LogP contribution in [0.4, 0.5) is 8.78 Å². The summed E-state index contributed by atoms with van der Waals surface area (Å²) >= 11 is 0. The lowest BCUT2D eigenvalue weighted by molar-refractivity contribution is -0.124. The van der Waals surface area contributed by atoms with Crippen LogP contribution < -0.4 is 5.73 Å². The molecule has 0 radical (unpaired) electrons. The van der Waals surface area contributed by atoms with Crippen LogP contribution in [-0.2, 0) is 4.79 Å². The highest BCUT2D eigenvalue weighted by molar-refractivity contribution is 5.92. The summed E-state index contributed by atoms with van der Waals surface area (Å²) in [5, 5.41) is 0. The van der Waals surface area contributed by atoms with Crippen LogP contribution in [0.3, 0.4) is 0 Å². The molecular formula is C5H7F2NO. The fraction of sp³-hybridized carbons (Fsp3) is 0.400. The highest BCUT2D eigenvalue weighted by Gasteiger charge is 2.10. The standard InChI is InChI=1S/C5H7F2NO/c1-3(8)2-4(9)5(6)7/h2,5H,8H2,1H3. The van der Waals surface area contributed by atoms with Gasteiger partial charge in [-0.1, -0.05) is 0 Å². The van der Waals surface area contributed by atoms with Crippen LogP contribution in [0.2, 0.25) is 0 Å². The van der Waals surface area contributed by atoms with Crippen LogP contribution in [0, 0.1) is 0 Å². The number of hydrogen-bond donors (Lipinski definition) is 1. The van der Waals surface area contributed by atoms with Crippen molar-refractivity contribution in [1.82, 2.24) is 0 Å². The number of carbonyl (C=O) groups is 1. The first-order valence-electron chi connectivity index (χ1n) is 2.30. The van der Waals surface area contributed by atoms with Gasteiger partial charge < -0.3 is 5.73 Å². The molecule has 4 heteroatoms. The number of halogens is 2. The summed E-state index contributed by atoms with van der Waals surface area (Å²) in [6, 6.07) is 0. The van der Waals surface area contributed by atoms with Crippen LogP contribution in [0.5, 0.6) is 0 Å². The molecule has 0 aliphatic carbocycles. The summed E-state index contributed by atoms with van der Waals surface area (Å²) in [6.07, 6.45) is -2.23. The SMILES string of the molecule is CC(N)=CC(=O)C(F)F. The molecule has 0 bridgehead atoms. The molecule has 0 saturated carbocycles. The molecule has 0 atom stereocenters.